The van der Waals surface area contributed by atoms with Gasteiger partial charge in [0.2, 0.25) is 0 Å². The minimum Gasteiger partial charge on any atom is -0.493 e. The van der Waals surface area contributed by atoms with Crippen LogP contribution >= 0.6 is 0 Å². The van der Waals surface area contributed by atoms with Crippen molar-refractivity contribution in [1.29, 1.82) is 0 Å². The lowest BCUT2D eigenvalue weighted by molar-refractivity contribution is 0.261. The molecule has 1 aliphatic carbocycles. The maximum absolute atomic E-state index is 13.0. The number of rotatable bonds is 9. The summed E-state index contributed by atoms with van der Waals surface area (Å²) < 4.78 is 14.9. The zero-order valence-electron chi connectivity index (χ0n) is 18.6. The molecule has 0 aliphatic heterocycles. The highest BCUT2D eigenvalue weighted by Gasteiger charge is 2.09. The zero-order valence-corrected chi connectivity index (χ0v) is 18.6. The van der Waals surface area contributed by atoms with Gasteiger partial charge in [-0.15, -0.1) is 0 Å². The summed E-state index contributed by atoms with van der Waals surface area (Å²) in [5, 5.41) is 0. The number of hydrogen-bond acceptors (Lipinski definition) is 4. The molecule has 0 fully saturated rings. The molecule has 1 atom stereocenters. The summed E-state index contributed by atoms with van der Waals surface area (Å²) in [7, 11) is 4.02. The van der Waals surface area contributed by atoms with E-state index in [4.69, 9.17) is 9.47 Å². The molecule has 1 heterocycles. The van der Waals surface area contributed by atoms with Gasteiger partial charge in [0.15, 0.2) is 0 Å². The van der Waals surface area contributed by atoms with E-state index in [-0.39, 0.29) is 5.69 Å². The summed E-state index contributed by atoms with van der Waals surface area (Å²) >= 11 is 0. The van der Waals surface area contributed by atoms with Crippen molar-refractivity contribution >= 4 is 0 Å². The van der Waals surface area contributed by atoms with Crippen molar-refractivity contribution in [3.05, 3.63) is 95.7 Å². The molecular formula is C26H29N3O3. The molecule has 3 aromatic rings. The molecule has 1 unspecified atom stereocenters. The third-order valence-corrected chi connectivity index (χ3v) is 5.35. The Bertz CT molecular complexity index is 1120. The highest BCUT2D eigenvalue weighted by molar-refractivity contribution is 5.40. The summed E-state index contributed by atoms with van der Waals surface area (Å²) in [6.07, 6.45) is 13.0. The first-order valence-electron chi connectivity index (χ1n) is 10.8. The molecule has 0 N–H and O–H groups in total. The Labute approximate surface area is 188 Å². The molecule has 2 aromatic carbocycles. The van der Waals surface area contributed by atoms with Gasteiger partial charge in [0, 0.05) is 24.9 Å². The van der Waals surface area contributed by atoms with E-state index in [0.29, 0.717) is 19.1 Å². The SMILES string of the molecule is CN(C)CCOc1ccc(-n2ccn(-c3ccc(OCC4C=CC=CC4)cc3)c2=O)cc1. The fourth-order valence-electron chi connectivity index (χ4n) is 3.48. The fraction of sp³-hybridized carbons (Fsp3) is 0.269. The molecule has 0 bridgehead atoms. The van der Waals surface area contributed by atoms with Crippen LogP contribution in [-0.4, -0.2) is 47.9 Å². The van der Waals surface area contributed by atoms with Crippen LogP contribution in [0.2, 0.25) is 0 Å². The summed E-state index contributed by atoms with van der Waals surface area (Å²) in [5.41, 5.74) is 1.47. The molecule has 4 rings (SSSR count). The molecule has 0 saturated carbocycles. The van der Waals surface area contributed by atoms with Gasteiger partial charge in [0.25, 0.3) is 0 Å². The van der Waals surface area contributed by atoms with Crippen molar-refractivity contribution in [1.82, 2.24) is 14.0 Å². The van der Waals surface area contributed by atoms with Gasteiger partial charge >= 0.3 is 5.69 Å². The van der Waals surface area contributed by atoms with Gasteiger partial charge in [-0.25, -0.2) is 4.79 Å². The van der Waals surface area contributed by atoms with Gasteiger partial charge in [-0.05, 0) is 69.0 Å². The Balaban J connectivity index is 1.40. The molecule has 0 saturated heterocycles. The van der Waals surface area contributed by atoms with E-state index in [2.05, 4.69) is 29.2 Å². The van der Waals surface area contributed by atoms with Crippen LogP contribution in [0.5, 0.6) is 11.5 Å². The highest BCUT2D eigenvalue weighted by Crippen LogP contribution is 2.19. The maximum Gasteiger partial charge on any atom is 0.337 e. The molecule has 6 nitrogen and oxygen atoms in total. The Morgan fingerprint density at radius 1 is 0.875 bits per heavy atom. The predicted octanol–water partition coefficient (Wildman–Crippen LogP) is 4.08. The van der Waals surface area contributed by atoms with Gasteiger partial charge in [-0.2, -0.15) is 0 Å². The summed E-state index contributed by atoms with van der Waals surface area (Å²) in [4.78, 5) is 15.0. The van der Waals surface area contributed by atoms with Crippen LogP contribution in [0.1, 0.15) is 6.42 Å². The number of aromatic nitrogens is 2. The monoisotopic (exact) mass is 431 g/mol. The van der Waals surface area contributed by atoms with Crippen molar-refractivity contribution in [3.63, 3.8) is 0 Å². The van der Waals surface area contributed by atoms with Crippen molar-refractivity contribution in [2.24, 2.45) is 5.92 Å². The van der Waals surface area contributed by atoms with Crippen LogP contribution in [0.15, 0.2) is 90.0 Å². The number of imidazole rings is 1. The van der Waals surface area contributed by atoms with Crippen LogP contribution in [-0.2, 0) is 0 Å². The predicted molar refractivity (Wildman–Crippen MR) is 127 cm³/mol. The minimum absolute atomic E-state index is 0.126. The van der Waals surface area contributed by atoms with Crippen molar-refractivity contribution in [3.8, 4) is 22.9 Å². The van der Waals surface area contributed by atoms with E-state index in [1.54, 1.807) is 21.5 Å². The van der Waals surface area contributed by atoms with Gasteiger partial charge in [-0.1, -0.05) is 24.3 Å². The fourth-order valence-corrected chi connectivity index (χ4v) is 3.48. The third kappa shape index (κ3) is 5.39. The molecule has 1 aliphatic rings. The zero-order chi connectivity index (χ0) is 22.3. The molecule has 6 heteroatoms. The van der Waals surface area contributed by atoms with E-state index < -0.39 is 0 Å². The van der Waals surface area contributed by atoms with E-state index in [1.165, 1.54) is 0 Å². The van der Waals surface area contributed by atoms with Crippen LogP contribution in [0, 0.1) is 5.92 Å². The summed E-state index contributed by atoms with van der Waals surface area (Å²) in [6.45, 7) is 2.12. The second kappa shape index (κ2) is 10.2. The largest absolute Gasteiger partial charge is 0.493 e. The van der Waals surface area contributed by atoms with E-state index in [1.807, 2.05) is 62.6 Å². The molecule has 166 valence electrons. The first-order chi connectivity index (χ1) is 15.6. The van der Waals surface area contributed by atoms with E-state index >= 15 is 0 Å². The second-order valence-electron chi connectivity index (χ2n) is 8.08. The standard InChI is InChI=1S/C26H29N3O3/c1-27(2)18-19-31-24-12-8-22(9-13-24)28-16-17-29(26(28)30)23-10-14-25(15-11-23)32-20-21-6-4-3-5-7-21/h3-6,8-17,21H,7,18-20H2,1-2H3. The molecule has 0 amide bonds. The molecule has 0 spiro atoms. The van der Waals surface area contributed by atoms with Crippen LogP contribution in [0.4, 0.5) is 0 Å². The van der Waals surface area contributed by atoms with E-state index in [9.17, 15) is 4.79 Å². The molecular weight excluding hydrogens is 402 g/mol. The van der Waals surface area contributed by atoms with E-state index in [0.717, 1.165) is 35.8 Å². The lowest BCUT2D eigenvalue weighted by Gasteiger charge is -2.14. The smallest absolute Gasteiger partial charge is 0.337 e. The maximum atomic E-state index is 13.0. The number of likely N-dealkylation sites (N-methyl/N-ethyl adjacent to an activating group) is 1. The number of hydrogen-bond donors (Lipinski definition) is 0. The molecule has 1 aromatic heterocycles. The van der Waals surface area contributed by atoms with Crippen LogP contribution in [0.25, 0.3) is 11.4 Å². The van der Waals surface area contributed by atoms with Crippen LogP contribution < -0.4 is 15.2 Å². The quantitative estimate of drug-likeness (QED) is 0.512. The Morgan fingerprint density at radius 2 is 1.47 bits per heavy atom. The van der Waals surface area contributed by atoms with Gasteiger partial charge in [0.05, 0.1) is 18.0 Å². The van der Waals surface area contributed by atoms with Gasteiger partial charge in [0.1, 0.15) is 18.1 Å². The average Bonchev–Trinajstić information content (AvgIpc) is 3.20. The average molecular weight is 432 g/mol. The van der Waals surface area contributed by atoms with Gasteiger partial charge < -0.3 is 14.4 Å². The Kier molecular flexibility index (Phi) is 6.92. The van der Waals surface area contributed by atoms with Crippen molar-refractivity contribution < 1.29 is 9.47 Å². The second-order valence-corrected chi connectivity index (χ2v) is 8.08. The third-order valence-electron chi connectivity index (χ3n) is 5.35. The van der Waals surface area contributed by atoms with Crippen molar-refractivity contribution in [2.75, 3.05) is 33.9 Å². The molecule has 0 radical (unpaired) electrons. The number of ether oxygens (including phenoxy) is 2. The van der Waals surface area contributed by atoms with Crippen molar-refractivity contribution in [2.45, 2.75) is 6.42 Å². The van der Waals surface area contributed by atoms with Gasteiger partial charge in [-0.3, -0.25) is 9.13 Å². The first-order valence-corrected chi connectivity index (χ1v) is 10.8. The van der Waals surface area contributed by atoms with Crippen LogP contribution in [0.3, 0.4) is 0 Å². The topological polar surface area (TPSA) is 48.6 Å². The highest BCUT2D eigenvalue weighted by atomic mass is 16.5. The number of allylic oxidation sites excluding steroid dienone is 3. The number of benzene rings is 2. The Hall–Kier alpha value is -3.51. The normalized spacial score (nSPS) is 15.3. The lowest BCUT2D eigenvalue weighted by Crippen LogP contribution is -2.21. The summed E-state index contributed by atoms with van der Waals surface area (Å²) in [5.74, 6) is 1.99. The summed E-state index contributed by atoms with van der Waals surface area (Å²) in [6, 6.07) is 15.2. The first kappa shape index (κ1) is 21.7. The lowest BCUT2D eigenvalue weighted by atomic mass is 10.0. The molecule has 32 heavy (non-hydrogen) atoms. The number of nitrogens with zero attached hydrogens (tertiary/aromatic N) is 3. The minimum atomic E-state index is -0.126. The Morgan fingerprint density at radius 3 is 2.00 bits per heavy atom.